The predicted octanol–water partition coefficient (Wildman–Crippen LogP) is 14.5. The van der Waals surface area contributed by atoms with Crippen LogP contribution in [0.25, 0.3) is 108 Å². The maximum atomic E-state index is 5.15. The molecule has 0 bridgehead atoms. The van der Waals surface area contributed by atoms with Gasteiger partial charge in [0.2, 0.25) is 0 Å². The largest absolute Gasteiger partial charge is 0.309 e. The third kappa shape index (κ3) is 5.81. The van der Waals surface area contributed by atoms with Gasteiger partial charge in [-0.15, -0.1) is 22.7 Å². The van der Waals surface area contributed by atoms with E-state index < -0.39 is 0 Å². The average molecular weight is 804 g/mol. The van der Waals surface area contributed by atoms with Crippen molar-refractivity contribution < 1.29 is 0 Å². The SMILES string of the molecule is C=C1C=CC=C(c2nc(-c3ccccc3)nc(-c3ccc4nc(-c5cccc(-n6c7ccccc7c7cc(-c8cccc9c8sc8ccccc89)ccc76)c5)sc4c3)n2)C1. The van der Waals surface area contributed by atoms with Crippen LogP contribution in [-0.4, -0.2) is 24.5 Å². The van der Waals surface area contributed by atoms with E-state index in [1.165, 1.54) is 53.1 Å². The Morgan fingerprint density at radius 1 is 0.500 bits per heavy atom. The van der Waals surface area contributed by atoms with Gasteiger partial charge in [-0.25, -0.2) is 19.9 Å². The molecule has 0 atom stereocenters. The van der Waals surface area contributed by atoms with E-state index in [1.54, 1.807) is 11.3 Å². The van der Waals surface area contributed by atoms with Crippen LogP contribution < -0.4 is 0 Å². The van der Waals surface area contributed by atoms with Crippen LogP contribution in [0.1, 0.15) is 12.2 Å². The Labute approximate surface area is 353 Å². The number of allylic oxidation sites excluding steroid dienone is 5. The number of nitrogens with zero attached hydrogens (tertiary/aromatic N) is 5. The van der Waals surface area contributed by atoms with E-state index in [1.807, 2.05) is 53.8 Å². The zero-order chi connectivity index (χ0) is 39.7. The molecule has 4 aromatic heterocycles. The summed E-state index contributed by atoms with van der Waals surface area (Å²) in [7, 11) is 0. The van der Waals surface area contributed by atoms with E-state index in [0.717, 1.165) is 48.7 Å². The van der Waals surface area contributed by atoms with Gasteiger partial charge in [0.15, 0.2) is 17.5 Å². The first-order valence-corrected chi connectivity index (χ1v) is 21.6. The lowest BCUT2D eigenvalue weighted by molar-refractivity contribution is 1.02. The van der Waals surface area contributed by atoms with Gasteiger partial charge in [0.1, 0.15) is 5.01 Å². The summed E-state index contributed by atoms with van der Waals surface area (Å²) in [5.74, 6) is 1.95. The summed E-state index contributed by atoms with van der Waals surface area (Å²) in [6.07, 6.45) is 6.81. The van der Waals surface area contributed by atoms with Crippen LogP contribution in [0.4, 0.5) is 0 Å². The Kier molecular flexibility index (Phi) is 8.04. The number of fused-ring (bicyclic) bond motifs is 7. The molecule has 0 N–H and O–H groups in total. The van der Waals surface area contributed by atoms with Crippen LogP contribution in [0.15, 0.2) is 188 Å². The van der Waals surface area contributed by atoms with Gasteiger partial charge >= 0.3 is 0 Å². The molecule has 0 saturated heterocycles. The summed E-state index contributed by atoms with van der Waals surface area (Å²) in [6.45, 7) is 4.18. The lowest BCUT2D eigenvalue weighted by atomic mass is 10.0. The smallest absolute Gasteiger partial charge is 0.164 e. The number of rotatable bonds is 6. The van der Waals surface area contributed by atoms with Crippen LogP contribution in [-0.2, 0) is 0 Å². The molecule has 0 unspecified atom stereocenters. The minimum atomic E-state index is 0.633. The Morgan fingerprint density at radius 2 is 1.23 bits per heavy atom. The molecule has 0 spiro atoms. The Balaban J connectivity index is 0.934. The molecule has 12 rings (SSSR count). The fourth-order valence-electron chi connectivity index (χ4n) is 8.54. The first-order chi connectivity index (χ1) is 29.6. The van der Waals surface area contributed by atoms with Crippen LogP contribution in [0.3, 0.4) is 0 Å². The van der Waals surface area contributed by atoms with Gasteiger partial charge in [-0.3, -0.25) is 0 Å². The zero-order valence-corrected chi connectivity index (χ0v) is 33.8. The van der Waals surface area contributed by atoms with Gasteiger partial charge in [-0.05, 0) is 65.7 Å². The molecular weight excluding hydrogens is 771 g/mol. The fraction of sp³-hybridized carbons (Fsp3) is 0.0189. The van der Waals surface area contributed by atoms with Gasteiger partial charge in [0.05, 0.1) is 21.3 Å². The molecule has 282 valence electrons. The van der Waals surface area contributed by atoms with Crippen molar-refractivity contribution in [2.24, 2.45) is 0 Å². The quantitative estimate of drug-likeness (QED) is 0.168. The van der Waals surface area contributed by atoms with E-state index in [9.17, 15) is 0 Å². The van der Waals surface area contributed by atoms with E-state index in [0.29, 0.717) is 23.9 Å². The van der Waals surface area contributed by atoms with Crippen molar-refractivity contribution in [1.29, 1.82) is 0 Å². The van der Waals surface area contributed by atoms with Crippen LogP contribution in [0.2, 0.25) is 0 Å². The highest BCUT2D eigenvalue weighted by Crippen LogP contribution is 2.42. The molecule has 7 heteroatoms. The van der Waals surface area contributed by atoms with Gasteiger partial charge in [0, 0.05) is 65.3 Å². The molecule has 60 heavy (non-hydrogen) atoms. The zero-order valence-electron chi connectivity index (χ0n) is 32.2. The van der Waals surface area contributed by atoms with Crippen molar-refractivity contribution in [3.05, 3.63) is 194 Å². The lowest BCUT2D eigenvalue weighted by Crippen LogP contribution is -2.04. The summed E-state index contributed by atoms with van der Waals surface area (Å²) < 4.78 is 6.10. The number of para-hydroxylation sites is 1. The van der Waals surface area contributed by atoms with Gasteiger partial charge in [0.25, 0.3) is 0 Å². The number of aromatic nitrogens is 5. The normalized spacial score (nSPS) is 13.0. The third-order valence-corrected chi connectivity index (χ3v) is 13.7. The number of thiazole rings is 1. The topological polar surface area (TPSA) is 56.5 Å². The molecule has 0 aliphatic heterocycles. The van der Waals surface area contributed by atoms with Crippen molar-refractivity contribution in [2.45, 2.75) is 6.42 Å². The highest BCUT2D eigenvalue weighted by Gasteiger charge is 2.19. The van der Waals surface area contributed by atoms with E-state index in [2.05, 4.69) is 145 Å². The molecule has 1 aliphatic rings. The summed E-state index contributed by atoms with van der Waals surface area (Å²) in [5, 5.41) is 6.05. The molecule has 7 aromatic carbocycles. The summed E-state index contributed by atoms with van der Waals surface area (Å²) in [5.41, 5.74) is 11.9. The second-order valence-electron chi connectivity index (χ2n) is 15.2. The van der Waals surface area contributed by atoms with Crippen molar-refractivity contribution in [3.63, 3.8) is 0 Å². The molecule has 11 aromatic rings. The first kappa shape index (κ1) is 34.7. The van der Waals surface area contributed by atoms with Gasteiger partial charge in [-0.1, -0.05) is 134 Å². The lowest BCUT2D eigenvalue weighted by Gasteiger charge is -2.12. The van der Waals surface area contributed by atoms with Gasteiger partial charge < -0.3 is 4.57 Å². The molecular formula is C53H33N5S2. The van der Waals surface area contributed by atoms with E-state index >= 15 is 0 Å². The second kappa shape index (κ2) is 13.9. The molecule has 5 nitrogen and oxygen atoms in total. The maximum absolute atomic E-state index is 5.15. The average Bonchev–Trinajstić information content (AvgIpc) is 4.01. The van der Waals surface area contributed by atoms with Crippen LogP contribution >= 0.6 is 22.7 Å². The third-order valence-electron chi connectivity index (χ3n) is 11.4. The highest BCUT2D eigenvalue weighted by molar-refractivity contribution is 7.26. The summed E-state index contributed by atoms with van der Waals surface area (Å²) in [4.78, 5) is 20.1. The van der Waals surface area contributed by atoms with Crippen molar-refractivity contribution in [3.8, 4) is 50.2 Å². The molecule has 0 amide bonds. The molecule has 0 saturated carbocycles. The van der Waals surface area contributed by atoms with Crippen LogP contribution in [0.5, 0.6) is 0 Å². The minimum Gasteiger partial charge on any atom is -0.309 e. The second-order valence-corrected chi connectivity index (χ2v) is 17.3. The van der Waals surface area contributed by atoms with Crippen molar-refractivity contribution in [1.82, 2.24) is 24.5 Å². The minimum absolute atomic E-state index is 0.633. The van der Waals surface area contributed by atoms with Gasteiger partial charge in [-0.2, -0.15) is 0 Å². The fourth-order valence-corrected chi connectivity index (χ4v) is 10.8. The number of thiophene rings is 1. The summed E-state index contributed by atoms with van der Waals surface area (Å²) in [6, 6.07) is 56.2. The molecule has 1 aliphatic carbocycles. The molecule has 0 radical (unpaired) electrons. The Hall–Kier alpha value is -7.32. The molecule has 4 heterocycles. The summed E-state index contributed by atoms with van der Waals surface area (Å²) >= 11 is 3.56. The van der Waals surface area contributed by atoms with E-state index in [-0.39, 0.29) is 0 Å². The number of hydrogen-bond acceptors (Lipinski definition) is 6. The predicted molar refractivity (Wildman–Crippen MR) is 253 cm³/mol. The number of benzene rings is 7. The Bertz CT molecular complexity index is 3600. The Morgan fingerprint density at radius 3 is 2.13 bits per heavy atom. The van der Waals surface area contributed by atoms with Crippen molar-refractivity contribution in [2.75, 3.05) is 0 Å². The monoisotopic (exact) mass is 803 g/mol. The maximum Gasteiger partial charge on any atom is 0.164 e. The van der Waals surface area contributed by atoms with E-state index in [4.69, 9.17) is 19.9 Å². The number of hydrogen-bond donors (Lipinski definition) is 0. The first-order valence-electron chi connectivity index (χ1n) is 19.9. The molecule has 0 fully saturated rings. The standard InChI is InChI=1S/C53H33N5S2/c1-32-12-9-15-35(28-32)51-55-50(33-13-3-2-4-14-33)56-52(57-51)36-24-26-44-48(31-36)60-53(54-44)37-16-10-17-38(29-37)58-45-22-7-5-18-40(45)43-30-34(25-27-46(43)58)39-20-11-21-42-41-19-6-8-23-47(41)59-49(39)42/h2-27,29-31H,1,28H2. The highest BCUT2D eigenvalue weighted by atomic mass is 32.1. The van der Waals surface area contributed by atoms with Crippen molar-refractivity contribution >= 4 is 80.4 Å². The van der Waals surface area contributed by atoms with Crippen LogP contribution in [0, 0.1) is 0 Å².